The van der Waals surface area contributed by atoms with Crippen LogP contribution in [0.3, 0.4) is 0 Å². The first kappa shape index (κ1) is 12.5. The molecule has 0 aromatic heterocycles. The molecule has 1 aliphatic heterocycles. The number of hydrogen-bond acceptors (Lipinski definition) is 2. The second-order valence-electron chi connectivity index (χ2n) is 4.55. The Morgan fingerprint density at radius 2 is 2.33 bits per heavy atom. The van der Waals surface area contributed by atoms with Crippen LogP contribution in [-0.2, 0) is 4.79 Å². The number of carbonyl (C=O) groups excluding carboxylic acids is 1. The average molecular weight is 212 g/mol. The van der Waals surface area contributed by atoms with Gasteiger partial charge in [0.05, 0.1) is 6.04 Å². The minimum atomic E-state index is 0.0682. The van der Waals surface area contributed by atoms with E-state index in [0.29, 0.717) is 6.04 Å². The summed E-state index contributed by atoms with van der Waals surface area (Å²) < 4.78 is 0. The lowest BCUT2D eigenvalue weighted by molar-refractivity contribution is -0.123. The molecular formula is C12H24N2O. The summed E-state index contributed by atoms with van der Waals surface area (Å²) in [6.45, 7) is 5.29. The molecular weight excluding hydrogens is 188 g/mol. The maximum absolute atomic E-state index is 11.7. The van der Waals surface area contributed by atoms with E-state index in [4.69, 9.17) is 0 Å². The van der Waals surface area contributed by atoms with E-state index >= 15 is 0 Å². The Morgan fingerprint density at radius 1 is 1.53 bits per heavy atom. The molecule has 0 spiro atoms. The van der Waals surface area contributed by atoms with Gasteiger partial charge in [0.2, 0.25) is 5.91 Å². The second-order valence-corrected chi connectivity index (χ2v) is 4.55. The molecule has 1 fully saturated rings. The molecule has 0 unspecified atom stereocenters. The van der Waals surface area contributed by atoms with Gasteiger partial charge in [0.1, 0.15) is 0 Å². The molecule has 1 saturated heterocycles. The number of nitrogens with one attached hydrogen (secondary N) is 2. The van der Waals surface area contributed by atoms with Crippen molar-refractivity contribution in [3.8, 4) is 0 Å². The Bertz CT molecular complexity index is 188. The quantitative estimate of drug-likeness (QED) is 0.659. The molecule has 3 nitrogen and oxygen atoms in total. The van der Waals surface area contributed by atoms with Crippen molar-refractivity contribution in [2.75, 3.05) is 6.54 Å². The smallest absolute Gasteiger partial charge is 0.237 e. The first-order chi connectivity index (χ1) is 7.24. The lowest BCUT2D eigenvalue weighted by Gasteiger charge is -2.17. The van der Waals surface area contributed by atoms with Crippen LogP contribution in [0.4, 0.5) is 0 Å². The normalized spacial score (nSPS) is 22.7. The van der Waals surface area contributed by atoms with Crippen molar-refractivity contribution in [1.82, 2.24) is 10.6 Å². The van der Waals surface area contributed by atoms with E-state index in [0.717, 1.165) is 25.8 Å². The summed E-state index contributed by atoms with van der Waals surface area (Å²) in [6.07, 6.45) is 6.95. The summed E-state index contributed by atoms with van der Waals surface area (Å²) in [5.74, 6) is 0.191. The topological polar surface area (TPSA) is 41.1 Å². The van der Waals surface area contributed by atoms with Crippen LogP contribution in [0.2, 0.25) is 0 Å². The molecule has 0 aliphatic carbocycles. The van der Waals surface area contributed by atoms with Gasteiger partial charge in [-0.25, -0.2) is 0 Å². The first-order valence-corrected chi connectivity index (χ1v) is 6.27. The fraction of sp³-hybridized carbons (Fsp3) is 0.917. The van der Waals surface area contributed by atoms with E-state index in [1.807, 2.05) is 0 Å². The number of amides is 1. The summed E-state index contributed by atoms with van der Waals surface area (Å²) in [7, 11) is 0. The second kappa shape index (κ2) is 6.83. The van der Waals surface area contributed by atoms with Gasteiger partial charge < -0.3 is 10.6 Å². The van der Waals surface area contributed by atoms with Crippen LogP contribution in [-0.4, -0.2) is 24.5 Å². The Balaban J connectivity index is 2.13. The third-order valence-electron chi connectivity index (χ3n) is 3.01. The van der Waals surface area contributed by atoms with E-state index in [2.05, 4.69) is 24.5 Å². The van der Waals surface area contributed by atoms with Crippen LogP contribution >= 0.6 is 0 Å². The molecule has 1 amide bonds. The van der Waals surface area contributed by atoms with Crippen LogP contribution in [0.1, 0.15) is 52.4 Å². The van der Waals surface area contributed by atoms with E-state index in [-0.39, 0.29) is 11.9 Å². The summed E-state index contributed by atoms with van der Waals surface area (Å²) in [5, 5.41) is 6.30. The predicted octanol–water partition coefficient (Wildman–Crippen LogP) is 1.82. The third-order valence-corrected chi connectivity index (χ3v) is 3.01. The highest BCUT2D eigenvalue weighted by Crippen LogP contribution is 2.07. The molecule has 1 heterocycles. The maximum Gasteiger partial charge on any atom is 0.237 e. The van der Waals surface area contributed by atoms with E-state index in [1.165, 1.54) is 19.3 Å². The molecule has 0 aromatic carbocycles. The minimum absolute atomic E-state index is 0.0682. The van der Waals surface area contributed by atoms with Crippen LogP contribution in [0, 0.1) is 0 Å². The lowest BCUT2D eigenvalue weighted by atomic mass is 10.1. The van der Waals surface area contributed by atoms with Crippen molar-refractivity contribution in [2.45, 2.75) is 64.5 Å². The summed E-state index contributed by atoms with van der Waals surface area (Å²) in [5.41, 5.74) is 0. The maximum atomic E-state index is 11.7. The Hall–Kier alpha value is -0.570. The molecule has 3 heteroatoms. The molecule has 15 heavy (non-hydrogen) atoms. The molecule has 88 valence electrons. The largest absolute Gasteiger partial charge is 0.352 e. The zero-order valence-electron chi connectivity index (χ0n) is 10.0. The standard InChI is InChI=1S/C12H24N2O/c1-3-4-5-7-10(2)14-12(15)11-8-6-9-13-11/h10-11,13H,3-9H2,1-2H3,(H,14,15)/t10-,11-/m0/s1. The van der Waals surface area contributed by atoms with Crippen molar-refractivity contribution < 1.29 is 4.79 Å². The minimum Gasteiger partial charge on any atom is -0.352 e. The fourth-order valence-electron chi connectivity index (χ4n) is 2.02. The highest BCUT2D eigenvalue weighted by Gasteiger charge is 2.22. The fourth-order valence-corrected chi connectivity index (χ4v) is 2.02. The molecule has 0 saturated carbocycles. The molecule has 0 aromatic rings. The first-order valence-electron chi connectivity index (χ1n) is 6.27. The molecule has 0 radical (unpaired) electrons. The highest BCUT2D eigenvalue weighted by atomic mass is 16.2. The Labute approximate surface area is 93.0 Å². The van der Waals surface area contributed by atoms with Crippen molar-refractivity contribution in [3.63, 3.8) is 0 Å². The highest BCUT2D eigenvalue weighted by molar-refractivity contribution is 5.82. The number of rotatable bonds is 6. The van der Waals surface area contributed by atoms with Gasteiger partial charge in [-0.2, -0.15) is 0 Å². The van der Waals surface area contributed by atoms with Gasteiger partial charge in [-0.1, -0.05) is 26.2 Å². The zero-order chi connectivity index (χ0) is 11.1. The number of hydrogen-bond donors (Lipinski definition) is 2. The lowest BCUT2D eigenvalue weighted by Crippen LogP contribution is -2.44. The average Bonchev–Trinajstić information content (AvgIpc) is 2.70. The third kappa shape index (κ3) is 4.65. The van der Waals surface area contributed by atoms with Gasteiger partial charge in [-0.05, 0) is 32.7 Å². The summed E-state index contributed by atoms with van der Waals surface area (Å²) >= 11 is 0. The van der Waals surface area contributed by atoms with Crippen molar-refractivity contribution in [2.24, 2.45) is 0 Å². The number of carbonyl (C=O) groups is 1. The van der Waals surface area contributed by atoms with Crippen LogP contribution in [0.5, 0.6) is 0 Å². The predicted molar refractivity (Wildman–Crippen MR) is 62.8 cm³/mol. The Kier molecular flexibility index (Phi) is 5.69. The molecule has 0 bridgehead atoms. The SMILES string of the molecule is CCCCC[C@H](C)NC(=O)[C@@H]1CCCN1. The van der Waals surface area contributed by atoms with Gasteiger partial charge in [-0.3, -0.25) is 4.79 Å². The van der Waals surface area contributed by atoms with E-state index in [9.17, 15) is 4.79 Å². The van der Waals surface area contributed by atoms with Gasteiger partial charge >= 0.3 is 0 Å². The summed E-state index contributed by atoms with van der Waals surface area (Å²) in [4.78, 5) is 11.7. The molecule has 2 atom stereocenters. The van der Waals surface area contributed by atoms with Crippen molar-refractivity contribution in [1.29, 1.82) is 0 Å². The van der Waals surface area contributed by atoms with Crippen LogP contribution in [0.25, 0.3) is 0 Å². The van der Waals surface area contributed by atoms with E-state index < -0.39 is 0 Å². The van der Waals surface area contributed by atoms with Gasteiger partial charge in [0.25, 0.3) is 0 Å². The Morgan fingerprint density at radius 3 is 2.93 bits per heavy atom. The monoisotopic (exact) mass is 212 g/mol. The molecule has 2 N–H and O–H groups in total. The number of unbranched alkanes of at least 4 members (excludes halogenated alkanes) is 2. The van der Waals surface area contributed by atoms with Gasteiger partial charge in [0.15, 0.2) is 0 Å². The van der Waals surface area contributed by atoms with E-state index in [1.54, 1.807) is 0 Å². The van der Waals surface area contributed by atoms with Crippen LogP contribution < -0.4 is 10.6 Å². The van der Waals surface area contributed by atoms with Gasteiger partial charge in [-0.15, -0.1) is 0 Å². The molecule has 1 aliphatic rings. The zero-order valence-corrected chi connectivity index (χ0v) is 10.0. The van der Waals surface area contributed by atoms with Crippen LogP contribution in [0.15, 0.2) is 0 Å². The summed E-state index contributed by atoms with van der Waals surface area (Å²) in [6, 6.07) is 0.394. The molecule has 1 rings (SSSR count). The van der Waals surface area contributed by atoms with Crippen molar-refractivity contribution in [3.05, 3.63) is 0 Å². The van der Waals surface area contributed by atoms with Gasteiger partial charge in [0, 0.05) is 6.04 Å². The van der Waals surface area contributed by atoms with Crippen molar-refractivity contribution >= 4 is 5.91 Å².